The highest BCUT2D eigenvalue weighted by molar-refractivity contribution is 7.99. The first-order valence-electron chi connectivity index (χ1n) is 9.05. The lowest BCUT2D eigenvalue weighted by atomic mass is 10.0. The second-order valence-electron chi connectivity index (χ2n) is 6.93. The average molecular weight is 381 g/mol. The Balaban J connectivity index is 1.52. The Bertz CT molecular complexity index is 766. The van der Waals surface area contributed by atoms with E-state index >= 15 is 0 Å². The summed E-state index contributed by atoms with van der Waals surface area (Å²) in [6, 6.07) is 6.43. The number of alkyl halides is 3. The van der Waals surface area contributed by atoms with Gasteiger partial charge >= 0.3 is 6.18 Å². The maximum atomic E-state index is 12.9. The first kappa shape index (κ1) is 17.9. The predicted octanol–water partition coefficient (Wildman–Crippen LogP) is 4.27. The van der Waals surface area contributed by atoms with Crippen LogP contribution in [0, 0.1) is 0 Å². The number of rotatable bonds is 2. The number of fused-ring (bicyclic) bond motifs is 1. The van der Waals surface area contributed by atoms with Crippen LogP contribution in [-0.4, -0.2) is 53.6 Å². The largest absolute Gasteiger partial charge is 0.416 e. The van der Waals surface area contributed by atoms with Gasteiger partial charge in [0.2, 0.25) is 0 Å². The number of halogens is 3. The Morgan fingerprint density at radius 2 is 1.73 bits per heavy atom. The Morgan fingerprint density at radius 1 is 1.00 bits per heavy atom. The Morgan fingerprint density at radius 3 is 2.42 bits per heavy atom. The van der Waals surface area contributed by atoms with Gasteiger partial charge in [-0.25, -0.2) is 0 Å². The fourth-order valence-electron chi connectivity index (χ4n) is 4.00. The molecule has 0 spiro atoms. The molecule has 3 heterocycles. The van der Waals surface area contributed by atoms with Crippen molar-refractivity contribution in [3.8, 4) is 0 Å². The van der Waals surface area contributed by atoms with Gasteiger partial charge in [-0.2, -0.15) is 24.9 Å². The van der Waals surface area contributed by atoms with Crippen molar-refractivity contribution in [2.75, 3.05) is 42.6 Å². The molecule has 0 unspecified atom stereocenters. The molecule has 4 rings (SSSR count). The molecule has 2 aromatic rings. The van der Waals surface area contributed by atoms with Gasteiger partial charge in [0.15, 0.2) is 0 Å². The summed E-state index contributed by atoms with van der Waals surface area (Å²) in [5.41, 5.74) is 0.764. The third-order valence-corrected chi connectivity index (χ3v) is 6.36. The van der Waals surface area contributed by atoms with Crippen molar-refractivity contribution in [1.82, 2.24) is 9.88 Å². The molecule has 26 heavy (non-hydrogen) atoms. The summed E-state index contributed by atoms with van der Waals surface area (Å²) in [5, 5.41) is 0.799. The number of pyridine rings is 1. The summed E-state index contributed by atoms with van der Waals surface area (Å²) in [6.07, 6.45) is -0.507. The van der Waals surface area contributed by atoms with Crippen molar-refractivity contribution in [2.45, 2.75) is 25.1 Å². The Labute approximate surface area is 155 Å². The average Bonchev–Trinajstić information content (AvgIpc) is 2.67. The summed E-state index contributed by atoms with van der Waals surface area (Å²) in [5.74, 6) is 2.44. The smallest absolute Gasteiger partial charge is 0.371 e. The summed E-state index contributed by atoms with van der Waals surface area (Å²) in [6.45, 7) is 4.23. The first-order chi connectivity index (χ1) is 12.5. The van der Waals surface area contributed by atoms with Crippen LogP contribution in [-0.2, 0) is 6.18 Å². The van der Waals surface area contributed by atoms with Crippen molar-refractivity contribution >= 4 is 28.4 Å². The van der Waals surface area contributed by atoms with Crippen LogP contribution in [0.1, 0.15) is 18.4 Å². The summed E-state index contributed by atoms with van der Waals surface area (Å²) >= 11 is 2.03. The van der Waals surface area contributed by atoms with Gasteiger partial charge in [0.1, 0.15) is 0 Å². The number of hydrogen-bond donors (Lipinski definition) is 0. The van der Waals surface area contributed by atoms with Crippen LogP contribution in [0.25, 0.3) is 10.9 Å². The van der Waals surface area contributed by atoms with Gasteiger partial charge in [-0.3, -0.25) is 9.88 Å². The zero-order chi connectivity index (χ0) is 18.1. The van der Waals surface area contributed by atoms with E-state index in [4.69, 9.17) is 0 Å². The third-order valence-electron chi connectivity index (χ3n) is 5.41. The van der Waals surface area contributed by atoms with Gasteiger partial charge in [-0.05, 0) is 31.0 Å². The molecule has 3 nitrogen and oxygen atoms in total. The molecular weight excluding hydrogens is 359 g/mol. The lowest BCUT2D eigenvalue weighted by Crippen LogP contribution is -2.47. The van der Waals surface area contributed by atoms with E-state index in [9.17, 15) is 13.2 Å². The van der Waals surface area contributed by atoms with Crippen LogP contribution < -0.4 is 4.90 Å². The highest BCUT2D eigenvalue weighted by Crippen LogP contribution is 2.34. The number of benzene rings is 1. The quantitative estimate of drug-likeness (QED) is 0.773. The zero-order valence-electron chi connectivity index (χ0n) is 14.5. The predicted molar refractivity (Wildman–Crippen MR) is 101 cm³/mol. The number of piperidine rings is 1. The van der Waals surface area contributed by atoms with Crippen molar-refractivity contribution in [2.24, 2.45) is 0 Å². The fraction of sp³-hybridized carbons (Fsp3) is 0.526. The minimum absolute atomic E-state index is 0.410. The van der Waals surface area contributed by atoms with E-state index in [0.29, 0.717) is 11.6 Å². The van der Waals surface area contributed by atoms with Crippen LogP contribution in [0.15, 0.2) is 30.5 Å². The molecule has 1 aromatic carbocycles. The van der Waals surface area contributed by atoms with Crippen LogP contribution in [0.2, 0.25) is 0 Å². The van der Waals surface area contributed by atoms with E-state index in [1.807, 2.05) is 17.8 Å². The molecule has 1 aromatic heterocycles. The summed E-state index contributed by atoms with van der Waals surface area (Å²) in [4.78, 5) is 9.07. The van der Waals surface area contributed by atoms with Crippen LogP contribution in [0.3, 0.4) is 0 Å². The van der Waals surface area contributed by atoms with Gasteiger partial charge in [-0.1, -0.05) is 6.07 Å². The first-order valence-corrected chi connectivity index (χ1v) is 10.2. The van der Waals surface area contributed by atoms with Crippen LogP contribution in [0.4, 0.5) is 18.9 Å². The standard InChI is InChI=1S/C19H22F3N3S/c20-19(21,22)14-1-2-16-17(13-14)23-6-3-18(16)25-7-4-15(5-8-25)24-9-11-26-12-10-24/h1-3,6,13,15H,4-5,7-12H2. The minimum Gasteiger partial charge on any atom is -0.371 e. The molecule has 7 heteroatoms. The molecule has 0 saturated carbocycles. The van der Waals surface area contributed by atoms with Gasteiger partial charge in [0.05, 0.1) is 11.1 Å². The van der Waals surface area contributed by atoms with Crippen molar-refractivity contribution in [3.63, 3.8) is 0 Å². The highest BCUT2D eigenvalue weighted by atomic mass is 32.2. The number of thioether (sulfide) groups is 1. The fourth-order valence-corrected chi connectivity index (χ4v) is 4.93. The van der Waals surface area contributed by atoms with Crippen LogP contribution >= 0.6 is 11.8 Å². The van der Waals surface area contributed by atoms with E-state index in [1.54, 1.807) is 12.3 Å². The highest BCUT2D eigenvalue weighted by Gasteiger charge is 2.31. The molecular formula is C19H22F3N3S. The topological polar surface area (TPSA) is 19.4 Å². The third kappa shape index (κ3) is 3.64. The maximum absolute atomic E-state index is 12.9. The Kier molecular flexibility index (Phi) is 5.01. The van der Waals surface area contributed by atoms with Gasteiger partial charge in [0, 0.05) is 61.0 Å². The molecule has 0 radical (unpaired) electrons. The lowest BCUT2D eigenvalue weighted by molar-refractivity contribution is -0.137. The van der Waals surface area contributed by atoms with Gasteiger partial charge in [-0.15, -0.1) is 0 Å². The second-order valence-corrected chi connectivity index (χ2v) is 8.15. The van der Waals surface area contributed by atoms with Gasteiger partial charge in [0.25, 0.3) is 0 Å². The molecule has 0 amide bonds. The molecule has 0 aliphatic carbocycles. The summed E-state index contributed by atoms with van der Waals surface area (Å²) < 4.78 is 38.8. The molecule has 0 atom stereocenters. The molecule has 0 bridgehead atoms. The monoisotopic (exact) mass is 381 g/mol. The van der Waals surface area contributed by atoms with Crippen molar-refractivity contribution in [3.05, 3.63) is 36.0 Å². The van der Waals surface area contributed by atoms with E-state index in [2.05, 4.69) is 14.8 Å². The Hall–Kier alpha value is -1.47. The lowest BCUT2D eigenvalue weighted by Gasteiger charge is -2.41. The zero-order valence-corrected chi connectivity index (χ0v) is 15.3. The molecule has 2 aliphatic heterocycles. The number of anilines is 1. The van der Waals surface area contributed by atoms with Crippen LogP contribution in [0.5, 0.6) is 0 Å². The molecule has 140 valence electrons. The molecule has 2 fully saturated rings. The van der Waals surface area contributed by atoms with E-state index in [-0.39, 0.29) is 0 Å². The van der Waals surface area contributed by atoms with Crippen molar-refractivity contribution < 1.29 is 13.2 Å². The number of hydrogen-bond acceptors (Lipinski definition) is 4. The van der Waals surface area contributed by atoms with E-state index in [1.165, 1.54) is 24.6 Å². The molecule has 2 aliphatic rings. The van der Waals surface area contributed by atoms with E-state index in [0.717, 1.165) is 49.1 Å². The SMILES string of the molecule is FC(F)(F)c1ccc2c(N3CCC(N4CCSCC4)CC3)ccnc2c1. The van der Waals surface area contributed by atoms with E-state index < -0.39 is 11.7 Å². The normalized spacial score (nSPS) is 20.7. The molecule has 2 saturated heterocycles. The number of nitrogens with zero attached hydrogens (tertiary/aromatic N) is 3. The maximum Gasteiger partial charge on any atom is 0.416 e. The number of aromatic nitrogens is 1. The molecule has 0 N–H and O–H groups in total. The second kappa shape index (κ2) is 7.27. The van der Waals surface area contributed by atoms with Gasteiger partial charge < -0.3 is 4.90 Å². The minimum atomic E-state index is -4.34. The van der Waals surface area contributed by atoms with Crippen molar-refractivity contribution in [1.29, 1.82) is 0 Å². The summed E-state index contributed by atoms with van der Waals surface area (Å²) in [7, 11) is 0.